The van der Waals surface area contributed by atoms with Crippen LogP contribution in [0.4, 0.5) is 5.69 Å². The van der Waals surface area contributed by atoms with Gasteiger partial charge in [0, 0.05) is 17.7 Å². The molecule has 0 aliphatic rings. The molecule has 1 heterocycles. The quantitative estimate of drug-likeness (QED) is 0.362. The molecule has 28 heavy (non-hydrogen) atoms. The Hall–Kier alpha value is -3.23. The van der Waals surface area contributed by atoms with Gasteiger partial charge in [-0.05, 0) is 42.8 Å². The molecule has 1 amide bonds. The number of carbonyl (C=O) groups excluding carboxylic acids is 1. The van der Waals surface area contributed by atoms with Crippen molar-refractivity contribution in [1.82, 2.24) is 15.6 Å². The summed E-state index contributed by atoms with van der Waals surface area (Å²) in [5.41, 5.74) is 4.98. The number of rotatable bonds is 5. The number of aromatic amines is 1. The van der Waals surface area contributed by atoms with Crippen LogP contribution in [0.5, 0.6) is 0 Å². The Labute approximate surface area is 169 Å². The second-order valence-electron chi connectivity index (χ2n) is 5.74. The summed E-state index contributed by atoms with van der Waals surface area (Å²) in [6.07, 6.45) is 0. The Balaban J connectivity index is 1.71. The standard InChI is InChI=1S/C18H13Cl2N5O3/c1-10(11-2-5-13(6-3-11)25(27)28)21-24-18(26)17-9-16(22-23-17)12-4-7-14(19)15(20)8-12/h2-9H,1H3,(H,22,23)(H,24,26)/b21-10+. The first-order chi connectivity index (χ1) is 13.3. The van der Waals surface area contributed by atoms with E-state index in [1.165, 1.54) is 12.1 Å². The highest BCUT2D eigenvalue weighted by Gasteiger charge is 2.12. The van der Waals surface area contributed by atoms with E-state index in [1.54, 1.807) is 43.3 Å². The number of nitrogens with one attached hydrogen (secondary N) is 2. The van der Waals surface area contributed by atoms with E-state index >= 15 is 0 Å². The van der Waals surface area contributed by atoms with Crippen LogP contribution >= 0.6 is 23.2 Å². The van der Waals surface area contributed by atoms with Crippen LogP contribution in [0.2, 0.25) is 10.0 Å². The Morgan fingerprint density at radius 3 is 2.50 bits per heavy atom. The fourth-order valence-corrected chi connectivity index (χ4v) is 2.62. The van der Waals surface area contributed by atoms with Crippen molar-refractivity contribution in [2.24, 2.45) is 5.10 Å². The summed E-state index contributed by atoms with van der Waals surface area (Å²) in [5, 5.41) is 22.2. The minimum absolute atomic E-state index is 0.0205. The number of aromatic nitrogens is 2. The molecule has 0 fully saturated rings. The van der Waals surface area contributed by atoms with E-state index in [4.69, 9.17) is 23.2 Å². The minimum atomic E-state index is -0.486. The topological polar surface area (TPSA) is 113 Å². The smallest absolute Gasteiger partial charge is 0.272 e. The minimum Gasteiger partial charge on any atom is -0.272 e. The molecule has 0 atom stereocenters. The highest BCUT2D eigenvalue weighted by molar-refractivity contribution is 6.42. The van der Waals surface area contributed by atoms with Crippen molar-refractivity contribution in [2.45, 2.75) is 6.92 Å². The molecule has 0 saturated carbocycles. The number of benzene rings is 2. The van der Waals surface area contributed by atoms with E-state index in [1.807, 2.05) is 0 Å². The van der Waals surface area contributed by atoms with Crippen molar-refractivity contribution in [3.63, 3.8) is 0 Å². The van der Waals surface area contributed by atoms with Gasteiger partial charge in [-0.1, -0.05) is 29.3 Å². The number of non-ortho nitro benzene ring substituents is 1. The number of carbonyl (C=O) groups is 1. The summed E-state index contributed by atoms with van der Waals surface area (Å²) in [4.78, 5) is 22.5. The summed E-state index contributed by atoms with van der Waals surface area (Å²) < 4.78 is 0. The van der Waals surface area contributed by atoms with E-state index in [0.717, 1.165) is 0 Å². The molecule has 10 heteroatoms. The molecule has 2 aromatic carbocycles. The number of nitro benzene ring substituents is 1. The SMILES string of the molecule is C/C(=N\NC(=O)c1cc(-c2ccc(Cl)c(Cl)c2)n[nH]1)c1ccc([N+](=O)[O-])cc1. The van der Waals surface area contributed by atoms with Crippen LogP contribution in [0.3, 0.4) is 0 Å². The van der Waals surface area contributed by atoms with Crippen LogP contribution in [-0.2, 0) is 0 Å². The van der Waals surface area contributed by atoms with Crippen LogP contribution in [0, 0.1) is 10.1 Å². The van der Waals surface area contributed by atoms with Crippen LogP contribution in [0.15, 0.2) is 53.6 Å². The molecular formula is C18H13Cl2N5O3. The van der Waals surface area contributed by atoms with Gasteiger partial charge in [0.15, 0.2) is 0 Å². The Morgan fingerprint density at radius 1 is 1.14 bits per heavy atom. The van der Waals surface area contributed by atoms with Crippen molar-refractivity contribution >= 4 is 40.5 Å². The second-order valence-corrected chi connectivity index (χ2v) is 6.55. The van der Waals surface area contributed by atoms with Crippen LogP contribution in [-0.4, -0.2) is 26.7 Å². The maximum absolute atomic E-state index is 12.3. The molecular weight excluding hydrogens is 405 g/mol. The third kappa shape index (κ3) is 4.36. The van der Waals surface area contributed by atoms with E-state index in [0.29, 0.717) is 32.6 Å². The Morgan fingerprint density at radius 2 is 1.86 bits per heavy atom. The number of H-pyrrole nitrogens is 1. The average Bonchev–Trinajstić information content (AvgIpc) is 3.18. The fraction of sp³-hybridized carbons (Fsp3) is 0.0556. The molecule has 2 N–H and O–H groups in total. The molecule has 0 radical (unpaired) electrons. The number of hydrogen-bond donors (Lipinski definition) is 2. The largest absolute Gasteiger partial charge is 0.289 e. The van der Waals surface area contributed by atoms with Gasteiger partial charge in [-0.15, -0.1) is 0 Å². The van der Waals surface area contributed by atoms with Crippen LogP contribution < -0.4 is 5.43 Å². The first-order valence-electron chi connectivity index (χ1n) is 7.95. The van der Waals surface area contributed by atoms with E-state index in [9.17, 15) is 14.9 Å². The van der Waals surface area contributed by atoms with Gasteiger partial charge in [-0.3, -0.25) is 20.0 Å². The van der Waals surface area contributed by atoms with E-state index < -0.39 is 10.8 Å². The first-order valence-corrected chi connectivity index (χ1v) is 8.71. The zero-order chi connectivity index (χ0) is 20.3. The van der Waals surface area contributed by atoms with E-state index in [-0.39, 0.29) is 11.4 Å². The third-order valence-electron chi connectivity index (χ3n) is 3.86. The lowest BCUT2D eigenvalue weighted by atomic mass is 10.1. The Bertz CT molecular complexity index is 1080. The van der Waals surface area contributed by atoms with Crippen molar-refractivity contribution < 1.29 is 9.72 Å². The summed E-state index contributed by atoms with van der Waals surface area (Å²) in [7, 11) is 0. The van der Waals surface area contributed by atoms with Gasteiger partial charge < -0.3 is 0 Å². The molecule has 0 saturated heterocycles. The van der Waals surface area contributed by atoms with Gasteiger partial charge in [-0.2, -0.15) is 10.2 Å². The molecule has 3 rings (SSSR count). The second kappa shape index (κ2) is 8.20. The lowest BCUT2D eigenvalue weighted by molar-refractivity contribution is -0.384. The number of nitro groups is 1. The third-order valence-corrected chi connectivity index (χ3v) is 4.60. The monoisotopic (exact) mass is 417 g/mol. The molecule has 142 valence electrons. The molecule has 0 spiro atoms. The molecule has 0 unspecified atom stereocenters. The number of amides is 1. The molecule has 3 aromatic rings. The summed E-state index contributed by atoms with van der Waals surface area (Å²) in [6.45, 7) is 1.68. The lowest BCUT2D eigenvalue weighted by Crippen LogP contribution is -2.19. The van der Waals surface area contributed by atoms with Crippen molar-refractivity contribution in [3.8, 4) is 11.3 Å². The number of hydrogen-bond acceptors (Lipinski definition) is 5. The van der Waals surface area contributed by atoms with E-state index in [2.05, 4.69) is 20.7 Å². The summed E-state index contributed by atoms with van der Waals surface area (Å²) in [5.74, 6) is -0.486. The van der Waals surface area contributed by atoms with Gasteiger partial charge in [0.05, 0.1) is 26.4 Å². The zero-order valence-corrected chi connectivity index (χ0v) is 16.0. The zero-order valence-electron chi connectivity index (χ0n) is 14.4. The Kier molecular flexibility index (Phi) is 5.72. The van der Waals surface area contributed by atoms with Crippen molar-refractivity contribution in [3.05, 3.63) is 79.9 Å². The predicted octanol–water partition coefficient (Wildman–Crippen LogP) is 4.45. The van der Waals surface area contributed by atoms with Gasteiger partial charge in [0.25, 0.3) is 11.6 Å². The lowest BCUT2D eigenvalue weighted by Gasteiger charge is -2.01. The van der Waals surface area contributed by atoms with Crippen molar-refractivity contribution in [2.75, 3.05) is 0 Å². The molecule has 0 aliphatic carbocycles. The maximum Gasteiger partial charge on any atom is 0.289 e. The van der Waals surface area contributed by atoms with Gasteiger partial charge in [-0.25, -0.2) is 5.43 Å². The summed E-state index contributed by atoms with van der Waals surface area (Å²) >= 11 is 11.9. The van der Waals surface area contributed by atoms with Crippen LogP contribution in [0.25, 0.3) is 11.3 Å². The van der Waals surface area contributed by atoms with Crippen molar-refractivity contribution in [1.29, 1.82) is 0 Å². The first kappa shape index (κ1) is 19.5. The maximum atomic E-state index is 12.3. The molecule has 1 aromatic heterocycles. The van der Waals surface area contributed by atoms with Gasteiger partial charge in [0.2, 0.25) is 0 Å². The number of nitrogens with zero attached hydrogens (tertiary/aromatic N) is 3. The fourth-order valence-electron chi connectivity index (χ4n) is 2.33. The van der Waals surface area contributed by atoms with Crippen LogP contribution in [0.1, 0.15) is 23.0 Å². The number of hydrazone groups is 1. The number of halogens is 2. The molecule has 0 bridgehead atoms. The van der Waals surface area contributed by atoms with Gasteiger partial charge >= 0.3 is 0 Å². The normalized spacial score (nSPS) is 11.3. The predicted molar refractivity (Wildman–Crippen MR) is 107 cm³/mol. The van der Waals surface area contributed by atoms with Gasteiger partial charge in [0.1, 0.15) is 5.69 Å². The highest BCUT2D eigenvalue weighted by Crippen LogP contribution is 2.27. The molecule has 8 nitrogen and oxygen atoms in total. The highest BCUT2D eigenvalue weighted by atomic mass is 35.5. The molecule has 0 aliphatic heterocycles. The summed E-state index contributed by atoms with van der Waals surface area (Å²) in [6, 6.07) is 12.4. The average molecular weight is 418 g/mol.